The van der Waals surface area contributed by atoms with E-state index in [-0.39, 0.29) is 46.3 Å². The number of aliphatic hydroxyl groups is 1. The smallest absolute Gasteiger partial charge is 0.202 e. The number of ether oxygens (including phenoxy) is 3. The van der Waals surface area contributed by atoms with Gasteiger partial charge in [0.1, 0.15) is 22.8 Å². The number of aromatic hydroxyl groups is 3. The normalized spacial score (nSPS) is 17.4. The Bertz CT molecular complexity index is 1150. The first-order valence-electron chi connectivity index (χ1n) is 11.3. The number of carbonyl (C=O) groups excluding carboxylic acids is 1. The topological polar surface area (TPSA) is 126 Å². The molecule has 0 bridgehead atoms. The average Bonchev–Trinajstić information content (AvgIpc) is 2.81. The fourth-order valence-electron chi connectivity index (χ4n) is 3.99. The van der Waals surface area contributed by atoms with Gasteiger partial charge in [-0.1, -0.05) is 23.3 Å². The van der Waals surface area contributed by atoms with Gasteiger partial charge in [0.25, 0.3) is 0 Å². The Balaban J connectivity index is 1.94. The Kier molecular flexibility index (Phi) is 7.96. The molecule has 188 valence electrons. The van der Waals surface area contributed by atoms with Gasteiger partial charge < -0.3 is 34.6 Å². The van der Waals surface area contributed by atoms with Gasteiger partial charge in [-0.05, 0) is 52.2 Å². The molecule has 2 aromatic rings. The summed E-state index contributed by atoms with van der Waals surface area (Å²) >= 11 is 0. The van der Waals surface area contributed by atoms with E-state index in [4.69, 9.17) is 14.2 Å². The summed E-state index contributed by atoms with van der Waals surface area (Å²) in [6.45, 7) is 6.04. The Morgan fingerprint density at radius 1 is 1.00 bits per heavy atom. The first-order chi connectivity index (χ1) is 16.6. The molecule has 1 aliphatic rings. The molecule has 0 saturated heterocycles. The maximum absolute atomic E-state index is 13.1. The lowest BCUT2D eigenvalue weighted by molar-refractivity contribution is 0.0208. The number of phenolic OH excluding ortho intramolecular Hbond substituents is 3. The summed E-state index contributed by atoms with van der Waals surface area (Å²) < 4.78 is 16.1. The Hall–Kier alpha value is -3.65. The van der Waals surface area contributed by atoms with Crippen LogP contribution in [-0.2, 0) is 6.42 Å². The number of ketones is 1. The standard InChI is InChI=1S/C27H32O8/c1-14(2)7-6-8-15(3)9-10-17-18(28)13-19-22(23(17)29)25(31)26(32)27(35-19)16-11-20(33-4)24(30)21(12-16)34-5/h7,9,11-13,26-30,32H,6,8,10H2,1-5H3/b15-9+/t26-,27+/m0/s1. The monoisotopic (exact) mass is 484 g/mol. The van der Waals surface area contributed by atoms with Crippen LogP contribution in [0.2, 0.25) is 0 Å². The molecule has 0 fully saturated rings. The highest BCUT2D eigenvalue weighted by atomic mass is 16.5. The van der Waals surface area contributed by atoms with Crippen molar-refractivity contribution in [3.8, 4) is 34.5 Å². The molecule has 1 aliphatic heterocycles. The Morgan fingerprint density at radius 3 is 2.20 bits per heavy atom. The lowest BCUT2D eigenvalue weighted by Crippen LogP contribution is -2.36. The second kappa shape index (κ2) is 10.7. The molecule has 8 nitrogen and oxygen atoms in total. The van der Waals surface area contributed by atoms with Gasteiger partial charge in [0.05, 0.1) is 14.2 Å². The van der Waals surface area contributed by atoms with Crippen molar-refractivity contribution in [2.75, 3.05) is 14.2 Å². The van der Waals surface area contributed by atoms with Crippen LogP contribution in [0.15, 0.2) is 41.5 Å². The molecule has 35 heavy (non-hydrogen) atoms. The lowest BCUT2D eigenvalue weighted by Gasteiger charge is -2.31. The van der Waals surface area contributed by atoms with Crippen LogP contribution in [0.1, 0.15) is 61.2 Å². The van der Waals surface area contributed by atoms with Gasteiger partial charge in [-0.25, -0.2) is 0 Å². The summed E-state index contributed by atoms with van der Waals surface area (Å²) in [4.78, 5) is 13.1. The number of phenols is 3. The molecule has 1 heterocycles. The van der Waals surface area contributed by atoms with Crippen molar-refractivity contribution < 1.29 is 39.4 Å². The third kappa shape index (κ3) is 5.38. The van der Waals surface area contributed by atoms with Crippen molar-refractivity contribution >= 4 is 5.78 Å². The molecule has 0 unspecified atom stereocenters. The van der Waals surface area contributed by atoms with Gasteiger partial charge >= 0.3 is 0 Å². The third-order valence-electron chi connectivity index (χ3n) is 5.98. The Labute approximate surface area is 204 Å². The van der Waals surface area contributed by atoms with Crippen LogP contribution < -0.4 is 14.2 Å². The van der Waals surface area contributed by atoms with Gasteiger partial charge in [0.15, 0.2) is 23.7 Å². The highest BCUT2D eigenvalue weighted by Gasteiger charge is 2.40. The van der Waals surface area contributed by atoms with Crippen LogP contribution >= 0.6 is 0 Å². The van der Waals surface area contributed by atoms with Crippen LogP contribution in [-0.4, -0.2) is 46.5 Å². The molecular formula is C27H32O8. The maximum Gasteiger partial charge on any atom is 0.202 e. The first kappa shape index (κ1) is 26.0. The molecule has 0 amide bonds. The minimum atomic E-state index is -1.65. The van der Waals surface area contributed by atoms with Gasteiger partial charge in [-0.3, -0.25) is 4.79 Å². The highest BCUT2D eigenvalue weighted by Crippen LogP contribution is 2.47. The van der Waals surface area contributed by atoms with E-state index in [1.807, 2.05) is 26.8 Å². The lowest BCUT2D eigenvalue weighted by atomic mass is 9.90. The minimum absolute atomic E-state index is 0.0562. The molecule has 0 radical (unpaired) electrons. The van der Waals surface area contributed by atoms with E-state index in [9.17, 15) is 25.2 Å². The summed E-state index contributed by atoms with van der Waals surface area (Å²) in [6, 6.07) is 4.10. The van der Waals surface area contributed by atoms with Crippen molar-refractivity contribution in [3.05, 3.63) is 58.2 Å². The van der Waals surface area contributed by atoms with Crippen LogP contribution in [0.25, 0.3) is 0 Å². The molecule has 0 saturated carbocycles. The summed E-state index contributed by atoms with van der Waals surface area (Å²) in [5.41, 5.74) is 2.62. The predicted octanol–water partition coefficient (Wildman–Crippen LogP) is 4.73. The number of hydrogen-bond donors (Lipinski definition) is 4. The molecule has 0 aromatic heterocycles. The number of Topliss-reactive ketones (excluding diaryl/α,β-unsaturated/α-hetero) is 1. The average molecular weight is 485 g/mol. The summed E-state index contributed by atoms with van der Waals surface area (Å²) in [5, 5.41) is 42.4. The first-order valence-corrected chi connectivity index (χ1v) is 11.3. The number of allylic oxidation sites excluding steroid dienone is 4. The number of benzene rings is 2. The van der Waals surface area contributed by atoms with Crippen molar-refractivity contribution in [1.29, 1.82) is 0 Å². The van der Waals surface area contributed by atoms with Crippen LogP contribution in [0, 0.1) is 0 Å². The van der Waals surface area contributed by atoms with Crippen molar-refractivity contribution in [2.24, 2.45) is 0 Å². The second-order valence-corrected chi connectivity index (χ2v) is 8.79. The van der Waals surface area contributed by atoms with Gasteiger partial charge in [-0.2, -0.15) is 0 Å². The van der Waals surface area contributed by atoms with Crippen LogP contribution in [0.5, 0.6) is 34.5 Å². The van der Waals surface area contributed by atoms with E-state index in [0.29, 0.717) is 5.56 Å². The molecule has 0 spiro atoms. The molecule has 2 atom stereocenters. The zero-order valence-electron chi connectivity index (χ0n) is 20.6. The fraction of sp³-hybridized carbons (Fsp3) is 0.370. The molecule has 8 heteroatoms. The van der Waals surface area contributed by atoms with Crippen molar-refractivity contribution in [3.63, 3.8) is 0 Å². The molecule has 3 rings (SSSR count). The molecule has 0 aliphatic carbocycles. The SMILES string of the molecule is COc1cc([C@H]2Oc3cc(O)c(C/C=C(\C)CCC=C(C)C)c(O)c3C(=O)[C@@H]2O)cc(OC)c1O. The number of fused-ring (bicyclic) bond motifs is 1. The zero-order valence-corrected chi connectivity index (χ0v) is 20.6. The number of rotatable bonds is 8. The third-order valence-corrected chi connectivity index (χ3v) is 5.98. The quantitative estimate of drug-likeness (QED) is 0.396. The van der Waals surface area contributed by atoms with E-state index < -0.39 is 23.7 Å². The van der Waals surface area contributed by atoms with E-state index in [0.717, 1.165) is 18.4 Å². The summed E-state index contributed by atoms with van der Waals surface area (Å²) in [7, 11) is 2.71. The fourth-order valence-corrected chi connectivity index (χ4v) is 3.99. The maximum atomic E-state index is 13.1. The van der Waals surface area contributed by atoms with E-state index in [1.165, 1.54) is 38.0 Å². The number of methoxy groups -OCH3 is 2. The number of carbonyl (C=O) groups is 1. The second-order valence-electron chi connectivity index (χ2n) is 8.79. The van der Waals surface area contributed by atoms with Crippen LogP contribution in [0.3, 0.4) is 0 Å². The van der Waals surface area contributed by atoms with E-state index in [2.05, 4.69) is 6.08 Å². The largest absolute Gasteiger partial charge is 0.507 e. The van der Waals surface area contributed by atoms with Gasteiger partial charge in [0, 0.05) is 17.2 Å². The van der Waals surface area contributed by atoms with Gasteiger partial charge in [-0.15, -0.1) is 0 Å². The molecule has 2 aromatic carbocycles. The van der Waals surface area contributed by atoms with Gasteiger partial charge in [0.2, 0.25) is 11.5 Å². The molecule has 4 N–H and O–H groups in total. The summed E-state index contributed by atoms with van der Waals surface area (Å²) in [6.07, 6.45) is 3.14. The Morgan fingerprint density at radius 2 is 1.63 bits per heavy atom. The number of aliphatic hydroxyl groups excluding tert-OH is 1. The van der Waals surface area contributed by atoms with E-state index in [1.54, 1.807) is 0 Å². The van der Waals surface area contributed by atoms with Crippen molar-refractivity contribution in [2.45, 2.75) is 52.2 Å². The highest BCUT2D eigenvalue weighted by molar-refractivity contribution is 6.06. The summed E-state index contributed by atoms with van der Waals surface area (Å²) in [5.74, 6) is -1.54. The van der Waals surface area contributed by atoms with Crippen LogP contribution in [0.4, 0.5) is 0 Å². The number of hydrogen-bond acceptors (Lipinski definition) is 8. The predicted molar refractivity (Wildman–Crippen MR) is 131 cm³/mol. The molecular weight excluding hydrogens is 452 g/mol. The minimum Gasteiger partial charge on any atom is -0.507 e. The van der Waals surface area contributed by atoms with Crippen molar-refractivity contribution in [1.82, 2.24) is 0 Å². The van der Waals surface area contributed by atoms with E-state index >= 15 is 0 Å². The zero-order chi connectivity index (χ0) is 25.9.